The molecule has 0 radical (unpaired) electrons. The molecule has 0 aliphatic rings. The Balaban J connectivity index is 2.02. The Morgan fingerprint density at radius 2 is 1.83 bits per heavy atom. The first-order valence-corrected chi connectivity index (χ1v) is 5.29. The molecule has 18 heavy (non-hydrogen) atoms. The van der Waals surface area contributed by atoms with Crippen molar-refractivity contribution in [2.75, 3.05) is 0 Å². The van der Waals surface area contributed by atoms with Crippen molar-refractivity contribution in [3.63, 3.8) is 0 Å². The SMILES string of the molecule is O=C(NCc1ccncc1)c1ccc(F)c(F)c1. The summed E-state index contributed by atoms with van der Waals surface area (Å²) in [6, 6.07) is 6.55. The van der Waals surface area contributed by atoms with Crippen molar-refractivity contribution in [1.82, 2.24) is 10.3 Å². The second kappa shape index (κ2) is 5.35. The van der Waals surface area contributed by atoms with Crippen molar-refractivity contribution in [3.05, 3.63) is 65.5 Å². The molecule has 0 atom stereocenters. The Hall–Kier alpha value is -2.30. The minimum Gasteiger partial charge on any atom is -0.348 e. The van der Waals surface area contributed by atoms with Crippen LogP contribution in [0.4, 0.5) is 8.78 Å². The van der Waals surface area contributed by atoms with Gasteiger partial charge in [0.1, 0.15) is 0 Å². The van der Waals surface area contributed by atoms with Gasteiger partial charge in [0.25, 0.3) is 5.91 Å². The lowest BCUT2D eigenvalue weighted by Gasteiger charge is -2.05. The first-order valence-electron chi connectivity index (χ1n) is 5.29. The number of hydrogen-bond donors (Lipinski definition) is 1. The van der Waals surface area contributed by atoms with Gasteiger partial charge >= 0.3 is 0 Å². The van der Waals surface area contributed by atoms with Gasteiger partial charge in [-0.05, 0) is 35.9 Å². The van der Waals surface area contributed by atoms with Crippen molar-refractivity contribution in [1.29, 1.82) is 0 Å². The number of carbonyl (C=O) groups excluding carboxylic acids is 1. The van der Waals surface area contributed by atoms with E-state index < -0.39 is 17.5 Å². The zero-order valence-electron chi connectivity index (χ0n) is 9.36. The predicted molar refractivity (Wildman–Crippen MR) is 61.8 cm³/mol. The van der Waals surface area contributed by atoms with Crippen LogP contribution in [0.2, 0.25) is 0 Å². The molecule has 3 nitrogen and oxygen atoms in total. The lowest BCUT2D eigenvalue weighted by atomic mass is 10.2. The second-order valence-electron chi connectivity index (χ2n) is 3.67. The fourth-order valence-corrected chi connectivity index (χ4v) is 1.42. The first-order chi connectivity index (χ1) is 8.66. The van der Waals surface area contributed by atoms with E-state index in [1.807, 2.05) is 0 Å². The molecule has 0 saturated heterocycles. The fraction of sp³-hybridized carbons (Fsp3) is 0.0769. The van der Waals surface area contributed by atoms with Crippen molar-refractivity contribution in [2.45, 2.75) is 6.54 Å². The summed E-state index contributed by atoms with van der Waals surface area (Å²) in [6.07, 6.45) is 3.22. The van der Waals surface area contributed by atoms with Crippen LogP contribution in [0.1, 0.15) is 15.9 Å². The van der Waals surface area contributed by atoms with Crippen LogP contribution in [-0.2, 0) is 6.54 Å². The average Bonchev–Trinajstić information content (AvgIpc) is 2.40. The van der Waals surface area contributed by atoms with Gasteiger partial charge in [-0.3, -0.25) is 9.78 Å². The van der Waals surface area contributed by atoms with Gasteiger partial charge in [0.15, 0.2) is 11.6 Å². The smallest absolute Gasteiger partial charge is 0.251 e. The number of nitrogens with zero attached hydrogens (tertiary/aromatic N) is 1. The molecule has 0 spiro atoms. The summed E-state index contributed by atoms with van der Waals surface area (Å²) in [7, 11) is 0. The first kappa shape index (κ1) is 12.2. The highest BCUT2D eigenvalue weighted by Gasteiger charge is 2.09. The van der Waals surface area contributed by atoms with Gasteiger partial charge in [0, 0.05) is 24.5 Å². The second-order valence-corrected chi connectivity index (χ2v) is 3.67. The summed E-state index contributed by atoms with van der Waals surface area (Å²) in [5.74, 6) is -2.46. The van der Waals surface area contributed by atoms with Crippen LogP contribution in [-0.4, -0.2) is 10.9 Å². The number of hydrogen-bond acceptors (Lipinski definition) is 2. The number of nitrogens with one attached hydrogen (secondary N) is 1. The number of halogens is 2. The monoisotopic (exact) mass is 248 g/mol. The molecule has 1 heterocycles. The van der Waals surface area contributed by atoms with Crippen LogP contribution in [0.3, 0.4) is 0 Å². The van der Waals surface area contributed by atoms with Crippen molar-refractivity contribution >= 4 is 5.91 Å². The molecule has 0 fully saturated rings. The highest BCUT2D eigenvalue weighted by atomic mass is 19.2. The summed E-state index contributed by atoms with van der Waals surface area (Å²) in [5, 5.41) is 2.61. The number of aromatic nitrogens is 1. The van der Waals surface area contributed by atoms with E-state index in [2.05, 4.69) is 10.3 Å². The zero-order valence-corrected chi connectivity index (χ0v) is 9.36. The minimum absolute atomic E-state index is 0.0861. The average molecular weight is 248 g/mol. The Bertz CT molecular complexity index is 558. The third kappa shape index (κ3) is 2.88. The fourth-order valence-electron chi connectivity index (χ4n) is 1.42. The van der Waals surface area contributed by atoms with E-state index in [0.717, 1.165) is 17.7 Å². The Labute approximate surface area is 102 Å². The number of rotatable bonds is 3. The van der Waals surface area contributed by atoms with Gasteiger partial charge in [0.05, 0.1) is 0 Å². The molecule has 0 aliphatic heterocycles. The molecule has 1 amide bonds. The summed E-state index contributed by atoms with van der Waals surface area (Å²) < 4.78 is 25.6. The summed E-state index contributed by atoms with van der Waals surface area (Å²) in [5.41, 5.74) is 0.962. The number of amides is 1. The van der Waals surface area contributed by atoms with E-state index in [9.17, 15) is 13.6 Å². The third-order valence-corrected chi connectivity index (χ3v) is 2.38. The molecule has 1 aromatic heterocycles. The molecule has 1 aromatic carbocycles. The predicted octanol–water partition coefficient (Wildman–Crippen LogP) is 2.29. The molecule has 0 unspecified atom stereocenters. The molecule has 0 aliphatic carbocycles. The quantitative estimate of drug-likeness (QED) is 0.905. The normalized spacial score (nSPS) is 10.1. The van der Waals surface area contributed by atoms with E-state index in [0.29, 0.717) is 6.54 Å². The lowest BCUT2D eigenvalue weighted by molar-refractivity contribution is 0.0950. The van der Waals surface area contributed by atoms with Crippen molar-refractivity contribution in [2.24, 2.45) is 0 Å². The molecule has 0 bridgehead atoms. The minimum atomic E-state index is -1.04. The van der Waals surface area contributed by atoms with Gasteiger partial charge in [0.2, 0.25) is 0 Å². The van der Waals surface area contributed by atoms with E-state index in [-0.39, 0.29) is 5.56 Å². The van der Waals surface area contributed by atoms with Crippen LogP contribution in [0, 0.1) is 11.6 Å². The lowest BCUT2D eigenvalue weighted by Crippen LogP contribution is -2.22. The summed E-state index contributed by atoms with van der Waals surface area (Å²) in [6.45, 7) is 0.306. The molecule has 2 rings (SSSR count). The van der Waals surface area contributed by atoms with E-state index in [1.54, 1.807) is 24.5 Å². The summed E-state index contributed by atoms with van der Waals surface area (Å²) >= 11 is 0. The highest BCUT2D eigenvalue weighted by Crippen LogP contribution is 2.08. The van der Waals surface area contributed by atoms with Crippen LogP contribution >= 0.6 is 0 Å². The topological polar surface area (TPSA) is 42.0 Å². The molecular formula is C13H10F2N2O. The number of carbonyl (C=O) groups is 1. The van der Waals surface area contributed by atoms with Crippen LogP contribution in [0.15, 0.2) is 42.7 Å². The van der Waals surface area contributed by atoms with Gasteiger partial charge in [-0.1, -0.05) is 0 Å². The van der Waals surface area contributed by atoms with Crippen LogP contribution in [0.25, 0.3) is 0 Å². The third-order valence-electron chi connectivity index (χ3n) is 2.38. The highest BCUT2D eigenvalue weighted by molar-refractivity contribution is 5.94. The van der Waals surface area contributed by atoms with E-state index in [1.165, 1.54) is 6.07 Å². The Kier molecular flexibility index (Phi) is 3.62. The molecular weight excluding hydrogens is 238 g/mol. The number of benzene rings is 1. The van der Waals surface area contributed by atoms with Crippen LogP contribution in [0.5, 0.6) is 0 Å². The Morgan fingerprint density at radius 1 is 1.11 bits per heavy atom. The zero-order chi connectivity index (χ0) is 13.0. The van der Waals surface area contributed by atoms with Gasteiger partial charge in [-0.15, -0.1) is 0 Å². The van der Waals surface area contributed by atoms with Crippen molar-refractivity contribution in [3.8, 4) is 0 Å². The van der Waals surface area contributed by atoms with Gasteiger partial charge in [-0.2, -0.15) is 0 Å². The molecule has 92 valence electrons. The Morgan fingerprint density at radius 3 is 2.50 bits per heavy atom. The maximum atomic E-state index is 12.9. The summed E-state index contributed by atoms with van der Waals surface area (Å²) in [4.78, 5) is 15.5. The maximum Gasteiger partial charge on any atom is 0.251 e. The van der Waals surface area contributed by atoms with Crippen LogP contribution < -0.4 is 5.32 Å². The van der Waals surface area contributed by atoms with Gasteiger partial charge < -0.3 is 5.32 Å². The number of pyridine rings is 1. The molecule has 2 aromatic rings. The van der Waals surface area contributed by atoms with Crippen molar-refractivity contribution < 1.29 is 13.6 Å². The molecule has 1 N–H and O–H groups in total. The maximum absolute atomic E-state index is 12.9. The van der Waals surface area contributed by atoms with E-state index >= 15 is 0 Å². The van der Waals surface area contributed by atoms with Gasteiger partial charge in [-0.25, -0.2) is 8.78 Å². The molecule has 5 heteroatoms. The molecule has 0 saturated carbocycles. The largest absolute Gasteiger partial charge is 0.348 e. The van der Waals surface area contributed by atoms with E-state index in [4.69, 9.17) is 0 Å². The standard InChI is InChI=1S/C13H10F2N2O/c14-11-2-1-10(7-12(11)15)13(18)17-8-9-3-5-16-6-4-9/h1-7H,8H2,(H,17,18).